The van der Waals surface area contributed by atoms with Crippen LogP contribution in [0.5, 0.6) is 11.5 Å². The van der Waals surface area contributed by atoms with Gasteiger partial charge in [0.25, 0.3) is 0 Å². The van der Waals surface area contributed by atoms with E-state index >= 15 is 0 Å². The Hall–Kier alpha value is -3.87. The first-order valence-electron chi connectivity index (χ1n) is 9.47. The largest absolute Gasteiger partial charge is 0.490 e. The maximum absolute atomic E-state index is 13.0. The zero-order valence-electron chi connectivity index (χ0n) is 16.4. The predicted octanol–water partition coefficient (Wildman–Crippen LogP) is 3.93. The summed E-state index contributed by atoms with van der Waals surface area (Å²) in [6.45, 7) is 4.41. The highest BCUT2D eigenvalue weighted by Gasteiger charge is 2.22. The van der Waals surface area contributed by atoms with Crippen LogP contribution in [0.1, 0.15) is 29.8 Å². The molecule has 0 fully saturated rings. The number of rotatable bonds is 6. The zero-order valence-corrected chi connectivity index (χ0v) is 16.4. The van der Waals surface area contributed by atoms with E-state index in [4.69, 9.17) is 18.3 Å². The van der Waals surface area contributed by atoms with Crippen molar-refractivity contribution in [2.24, 2.45) is 0 Å². The standard InChI is InChI=1S/C23H18O7/c1-3-27-17-9-5-7-13-11-15(22(25)29-20(13)17)19(24)16-12-14-8-6-10-18(28-4-2)21(14)30-23(16)26/h5-12H,3-4H2,1-2H3. The Balaban J connectivity index is 1.85. The first kappa shape index (κ1) is 19.4. The van der Waals surface area contributed by atoms with Gasteiger partial charge in [0.2, 0.25) is 5.78 Å². The zero-order chi connectivity index (χ0) is 21.3. The summed E-state index contributed by atoms with van der Waals surface area (Å²) in [5, 5.41) is 1.01. The second-order valence-corrected chi connectivity index (χ2v) is 6.44. The number of para-hydroxylation sites is 2. The van der Waals surface area contributed by atoms with Crippen LogP contribution < -0.4 is 20.7 Å². The fourth-order valence-corrected chi connectivity index (χ4v) is 3.24. The topological polar surface area (TPSA) is 96.0 Å². The molecule has 152 valence electrons. The van der Waals surface area contributed by atoms with Gasteiger partial charge in [0.15, 0.2) is 22.7 Å². The van der Waals surface area contributed by atoms with Crippen molar-refractivity contribution in [3.8, 4) is 11.5 Å². The number of carbonyl (C=O) groups is 1. The number of fused-ring (bicyclic) bond motifs is 2. The van der Waals surface area contributed by atoms with E-state index in [-0.39, 0.29) is 22.3 Å². The fourth-order valence-electron chi connectivity index (χ4n) is 3.24. The van der Waals surface area contributed by atoms with Gasteiger partial charge in [-0.05, 0) is 38.1 Å². The molecular weight excluding hydrogens is 388 g/mol. The van der Waals surface area contributed by atoms with E-state index in [1.165, 1.54) is 12.1 Å². The number of ketones is 1. The average Bonchev–Trinajstić information content (AvgIpc) is 2.74. The highest BCUT2D eigenvalue weighted by Crippen LogP contribution is 2.27. The van der Waals surface area contributed by atoms with Crippen LogP contribution in [-0.4, -0.2) is 19.0 Å². The molecule has 0 saturated heterocycles. The highest BCUT2D eigenvalue weighted by atomic mass is 16.5. The van der Waals surface area contributed by atoms with Crippen molar-refractivity contribution in [2.45, 2.75) is 13.8 Å². The monoisotopic (exact) mass is 406 g/mol. The van der Waals surface area contributed by atoms with Crippen molar-refractivity contribution in [3.05, 3.63) is 80.5 Å². The number of ether oxygens (including phenoxy) is 2. The molecule has 0 aliphatic carbocycles. The van der Waals surface area contributed by atoms with Gasteiger partial charge >= 0.3 is 11.3 Å². The molecule has 2 heterocycles. The second kappa shape index (κ2) is 7.87. The van der Waals surface area contributed by atoms with Gasteiger partial charge in [0.05, 0.1) is 13.2 Å². The summed E-state index contributed by atoms with van der Waals surface area (Å²) in [6, 6.07) is 13.0. The van der Waals surface area contributed by atoms with Crippen LogP contribution in [0.4, 0.5) is 0 Å². The van der Waals surface area contributed by atoms with Gasteiger partial charge in [-0.2, -0.15) is 0 Å². The molecular formula is C23H18O7. The lowest BCUT2D eigenvalue weighted by Crippen LogP contribution is -2.21. The Morgan fingerprint density at radius 2 is 1.20 bits per heavy atom. The molecule has 0 N–H and O–H groups in total. The number of carbonyl (C=O) groups excluding carboxylic acids is 1. The Morgan fingerprint density at radius 1 is 0.767 bits per heavy atom. The van der Waals surface area contributed by atoms with Gasteiger partial charge in [-0.3, -0.25) is 4.79 Å². The van der Waals surface area contributed by atoms with Crippen LogP contribution in [0.2, 0.25) is 0 Å². The third-order valence-corrected chi connectivity index (χ3v) is 4.54. The van der Waals surface area contributed by atoms with Gasteiger partial charge in [-0.25, -0.2) is 9.59 Å². The van der Waals surface area contributed by atoms with Crippen LogP contribution in [0.15, 0.2) is 67.0 Å². The minimum atomic E-state index is -0.859. The highest BCUT2D eigenvalue weighted by molar-refractivity contribution is 6.11. The average molecular weight is 406 g/mol. The minimum absolute atomic E-state index is 0.243. The lowest BCUT2D eigenvalue weighted by Gasteiger charge is -2.08. The molecule has 0 saturated carbocycles. The smallest absolute Gasteiger partial charge is 0.347 e. The summed E-state index contributed by atoms with van der Waals surface area (Å²) in [4.78, 5) is 38.1. The molecule has 30 heavy (non-hydrogen) atoms. The Kier molecular flexibility index (Phi) is 5.10. The number of hydrogen-bond acceptors (Lipinski definition) is 7. The summed E-state index contributed by atoms with van der Waals surface area (Å²) in [5.41, 5.74) is -1.75. The van der Waals surface area contributed by atoms with Crippen molar-refractivity contribution < 1.29 is 23.1 Å². The Labute approximate surface area is 170 Å². The van der Waals surface area contributed by atoms with Crippen LogP contribution >= 0.6 is 0 Å². The molecule has 0 unspecified atom stereocenters. The summed E-state index contributed by atoms with van der Waals surface area (Å²) >= 11 is 0. The van der Waals surface area contributed by atoms with Crippen LogP contribution in [-0.2, 0) is 0 Å². The molecule has 4 rings (SSSR count). The van der Waals surface area contributed by atoms with Crippen molar-refractivity contribution >= 4 is 27.7 Å². The van der Waals surface area contributed by atoms with E-state index in [0.29, 0.717) is 35.5 Å². The molecule has 0 radical (unpaired) electrons. The van der Waals surface area contributed by atoms with Crippen molar-refractivity contribution in [1.29, 1.82) is 0 Å². The van der Waals surface area contributed by atoms with Crippen LogP contribution in [0, 0.1) is 0 Å². The van der Waals surface area contributed by atoms with E-state index in [1.807, 2.05) is 13.8 Å². The maximum Gasteiger partial charge on any atom is 0.347 e. The molecule has 2 aromatic heterocycles. The predicted molar refractivity (Wildman–Crippen MR) is 111 cm³/mol. The molecule has 0 aliphatic heterocycles. The van der Waals surface area contributed by atoms with Crippen molar-refractivity contribution in [1.82, 2.24) is 0 Å². The summed E-state index contributed by atoms with van der Waals surface area (Å²) in [5.74, 6) is 0.0319. The molecule has 0 spiro atoms. The normalized spacial score (nSPS) is 11.0. The lowest BCUT2D eigenvalue weighted by molar-refractivity contribution is 0.103. The Bertz CT molecular complexity index is 1270. The van der Waals surface area contributed by atoms with Gasteiger partial charge in [0.1, 0.15) is 11.1 Å². The fraction of sp³-hybridized carbons (Fsp3) is 0.174. The molecule has 7 heteroatoms. The molecule has 0 amide bonds. The molecule has 2 aromatic carbocycles. The summed E-state index contributed by atoms with van der Waals surface area (Å²) < 4.78 is 21.6. The van der Waals surface area contributed by atoms with Gasteiger partial charge in [0, 0.05) is 10.8 Å². The Morgan fingerprint density at radius 3 is 1.60 bits per heavy atom. The quantitative estimate of drug-likeness (QED) is 0.354. The molecule has 4 aromatic rings. The molecule has 0 atom stereocenters. The molecule has 0 bridgehead atoms. The van der Waals surface area contributed by atoms with Gasteiger partial charge in [-0.15, -0.1) is 0 Å². The summed E-state index contributed by atoms with van der Waals surface area (Å²) in [6.07, 6.45) is 0. The minimum Gasteiger partial charge on any atom is -0.490 e. The number of benzene rings is 2. The van der Waals surface area contributed by atoms with E-state index in [0.717, 1.165) is 0 Å². The third-order valence-electron chi connectivity index (χ3n) is 4.54. The molecule has 0 aliphatic rings. The number of hydrogen-bond donors (Lipinski definition) is 0. The third kappa shape index (κ3) is 3.34. The van der Waals surface area contributed by atoms with E-state index in [1.54, 1.807) is 36.4 Å². The maximum atomic E-state index is 13.0. The lowest BCUT2D eigenvalue weighted by atomic mass is 10.0. The summed E-state index contributed by atoms with van der Waals surface area (Å²) in [7, 11) is 0. The van der Waals surface area contributed by atoms with E-state index in [2.05, 4.69) is 0 Å². The van der Waals surface area contributed by atoms with Crippen LogP contribution in [0.25, 0.3) is 21.9 Å². The van der Waals surface area contributed by atoms with Crippen molar-refractivity contribution in [2.75, 3.05) is 13.2 Å². The van der Waals surface area contributed by atoms with Gasteiger partial charge in [-0.1, -0.05) is 24.3 Å². The molecule has 7 nitrogen and oxygen atoms in total. The van der Waals surface area contributed by atoms with Crippen molar-refractivity contribution in [3.63, 3.8) is 0 Å². The van der Waals surface area contributed by atoms with Crippen LogP contribution in [0.3, 0.4) is 0 Å². The van der Waals surface area contributed by atoms with E-state index < -0.39 is 17.0 Å². The van der Waals surface area contributed by atoms with Gasteiger partial charge < -0.3 is 18.3 Å². The first-order chi connectivity index (χ1) is 14.5. The first-order valence-corrected chi connectivity index (χ1v) is 9.47. The SMILES string of the molecule is CCOc1cccc2cc(C(=O)c3cc4cccc(OCC)c4oc3=O)c(=O)oc12. The second-order valence-electron chi connectivity index (χ2n) is 6.44. The van der Waals surface area contributed by atoms with E-state index in [9.17, 15) is 14.4 Å².